The lowest BCUT2D eigenvalue weighted by Crippen LogP contribution is -1.92. The molecule has 16 heavy (non-hydrogen) atoms. The van der Waals surface area contributed by atoms with Crippen molar-refractivity contribution in [1.82, 2.24) is 4.98 Å². The molecular weight excluding hydrogens is 243 g/mol. The van der Waals surface area contributed by atoms with E-state index in [1.165, 1.54) is 0 Å². The number of halogens is 2. The Bertz CT molecular complexity index is 550. The minimum absolute atomic E-state index is 0.466. The molecule has 0 aliphatic heterocycles. The van der Waals surface area contributed by atoms with Gasteiger partial charge >= 0.3 is 0 Å². The summed E-state index contributed by atoms with van der Waals surface area (Å²) in [5, 5.41) is 2.03. The van der Waals surface area contributed by atoms with Crippen molar-refractivity contribution in [3.05, 3.63) is 46.1 Å². The van der Waals surface area contributed by atoms with Gasteiger partial charge in [0.25, 0.3) is 0 Å². The van der Waals surface area contributed by atoms with E-state index in [9.17, 15) is 0 Å². The zero-order valence-electron chi connectivity index (χ0n) is 8.45. The quantitative estimate of drug-likeness (QED) is 0.831. The van der Waals surface area contributed by atoms with E-state index in [0.29, 0.717) is 16.7 Å². The fourth-order valence-corrected chi connectivity index (χ4v) is 1.92. The molecule has 0 fully saturated rings. The Labute approximate surface area is 104 Å². The normalized spacial score (nSPS) is 11.4. The lowest BCUT2D eigenvalue weighted by molar-refractivity contribution is 1.26. The third kappa shape index (κ3) is 2.19. The van der Waals surface area contributed by atoms with Crippen LogP contribution in [-0.4, -0.2) is 11.5 Å². The molecule has 0 unspecified atom stereocenters. The van der Waals surface area contributed by atoms with Crippen molar-refractivity contribution < 1.29 is 0 Å². The fraction of sp³-hybridized carbons (Fsp3) is 0.0833. The second-order valence-corrected chi connectivity index (χ2v) is 4.07. The summed E-state index contributed by atoms with van der Waals surface area (Å²) in [6.07, 6.45) is 3.76. The first-order valence-electron chi connectivity index (χ1n) is 4.84. The van der Waals surface area contributed by atoms with E-state index in [0.717, 1.165) is 16.5 Å². The standard InChI is InChI=1S/C12H10Cl2N2/c13-11-6-4-9-10(16-11)5-3-8(12(9)14)2-1-7-15/h1-6H,7,15H2/b2-1+. The number of benzene rings is 1. The Hall–Kier alpha value is -1.09. The van der Waals surface area contributed by atoms with E-state index in [4.69, 9.17) is 28.9 Å². The van der Waals surface area contributed by atoms with E-state index in [2.05, 4.69) is 4.98 Å². The molecule has 0 saturated heterocycles. The molecule has 0 radical (unpaired) electrons. The summed E-state index contributed by atoms with van der Waals surface area (Å²) in [4.78, 5) is 4.19. The molecule has 2 N–H and O–H groups in total. The number of rotatable bonds is 2. The van der Waals surface area contributed by atoms with Gasteiger partial charge in [-0.2, -0.15) is 0 Å². The molecule has 82 valence electrons. The highest BCUT2D eigenvalue weighted by molar-refractivity contribution is 6.37. The zero-order valence-corrected chi connectivity index (χ0v) is 9.96. The first-order valence-corrected chi connectivity index (χ1v) is 5.59. The van der Waals surface area contributed by atoms with E-state index in [1.807, 2.05) is 30.4 Å². The SMILES string of the molecule is NC/C=C/c1ccc2nc(Cl)ccc2c1Cl. The van der Waals surface area contributed by atoms with E-state index in [-0.39, 0.29) is 0 Å². The van der Waals surface area contributed by atoms with Gasteiger partial charge in [-0.25, -0.2) is 4.98 Å². The van der Waals surface area contributed by atoms with Gasteiger partial charge in [-0.1, -0.05) is 41.4 Å². The molecule has 1 heterocycles. The Morgan fingerprint density at radius 2 is 2.00 bits per heavy atom. The number of nitrogens with zero attached hydrogens (tertiary/aromatic N) is 1. The molecule has 0 aliphatic carbocycles. The van der Waals surface area contributed by atoms with Crippen LogP contribution in [0.5, 0.6) is 0 Å². The largest absolute Gasteiger partial charge is 0.327 e. The maximum Gasteiger partial charge on any atom is 0.129 e. The third-order valence-corrected chi connectivity index (χ3v) is 2.87. The topological polar surface area (TPSA) is 38.9 Å². The maximum atomic E-state index is 6.25. The van der Waals surface area contributed by atoms with Crippen LogP contribution in [0.2, 0.25) is 10.2 Å². The molecule has 1 aromatic carbocycles. The molecule has 0 atom stereocenters. The number of hydrogen-bond donors (Lipinski definition) is 1. The van der Waals surface area contributed by atoms with Crippen molar-refractivity contribution >= 4 is 40.2 Å². The molecule has 2 nitrogen and oxygen atoms in total. The van der Waals surface area contributed by atoms with Crippen molar-refractivity contribution in [1.29, 1.82) is 0 Å². The average Bonchev–Trinajstić information content (AvgIpc) is 2.28. The van der Waals surface area contributed by atoms with Gasteiger partial charge in [-0.3, -0.25) is 0 Å². The van der Waals surface area contributed by atoms with Crippen LogP contribution in [0.3, 0.4) is 0 Å². The Morgan fingerprint density at radius 3 is 2.75 bits per heavy atom. The maximum absolute atomic E-state index is 6.25. The third-order valence-electron chi connectivity index (χ3n) is 2.23. The van der Waals surface area contributed by atoms with Gasteiger partial charge < -0.3 is 5.73 Å². The summed E-state index contributed by atoms with van der Waals surface area (Å²) in [7, 11) is 0. The van der Waals surface area contributed by atoms with Crippen LogP contribution in [0.4, 0.5) is 0 Å². The smallest absolute Gasteiger partial charge is 0.129 e. The zero-order chi connectivity index (χ0) is 11.5. The van der Waals surface area contributed by atoms with Crippen molar-refractivity contribution in [2.24, 2.45) is 5.73 Å². The minimum Gasteiger partial charge on any atom is -0.327 e. The fourth-order valence-electron chi connectivity index (χ4n) is 1.48. The molecule has 0 bridgehead atoms. The van der Waals surface area contributed by atoms with Crippen LogP contribution in [0, 0.1) is 0 Å². The number of hydrogen-bond acceptors (Lipinski definition) is 2. The van der Waals surface area contributed by atoms with Crippen molar-refractivity contribution in [3.8, 4) is 0 Å². The summed E-state index contributed by atoms with van der Waals surface area (Å²) in [6, 6.07) is 7.39. The van der Waals surface area contributed by atoms with E-state index >= 15 is 0 Å². The number of aromatic nitrogens is 1. The molecule has 0 aliphatic rings. The molecule has 1 aromatic heterocycles. The molecule has 0 amide bonds. The number of fused-ring (bicyclic) bond motifs is 1. The van der Waals surface area contributed by atoms with Gasteiger partial charge in [0.05, 0.1) is 10.5 Å². The molecule has 2 aromatic rings. The summed E-state index contributed by atoms with van der Waals surface area (Å²) in [5.74, 6) is 0. The van der Waals surface area contributed by atoms with Gasteiger partial charge in [0.15, 0.2) is 0 Å². The van der Waals surface area contributed by atoms with Gasteiger partial charge in [-0.05, 0) is 23.8 Å². The van der Waals surface area contributed by atoms with Crippen LogP contribution in [-0.2, 0) is 0 Å². The monoisotopic (exact) mass is 252 g/mol. The van der Waals surface area contributed by atoms with Crippen LogP contribution >= 0.6 is 23.2 Å². The predicted molar refractivity (Wildman–Crippen MR) is 69.9 cm³/mol. The second kappa shape index (κ2) is 4.83. The molecule has 4 heteroatoms. The van der Waals surface area contributed by atoms with Crippen LogP contribution in [0.25, 0.3) is 17.0 Å². The minimum atomic E-state index is 0.466. The first kappa shape index (κ1) is 11.4. The molecular formula is C12H10Cl2N2. The van der Waals surface area contributed by atoms with Gasteiger partial charge in [-0.15, -0.1) is 0 Å². The second-order valence-electron chi connectivity index (χ2n) is 3.31. The molecule has 2 rings (SSSR count). The van der Waals surface area contributed by atoms with Crippen molar-refractivity contribution in [2.75, 3.05) is 6.54 Å². The summed E-state index contributed by atoms with van der Waals surface area (Å²) in [5.41, 5.74) is 7.13. The number of nitrogens with two attached hydrogens (primary N) is 1. The Kier molecular flexibility index (Phi) is 3.44. The molecule has 0 saturated carbocycles. The number of pyridine rings is 1. The van der Waals surface area contributed by atoms with Crippen molar-refractivity contribution in [3.63, 3.8) is 0 Å². The van der Waals surface area contributed by atoms with Gasteiger partial charge in [0.2, 0.25) is 0 Å². The average molecular weight is 253 g/mol. The lowest BCUT2D eigenvalue weighted by atomic mass is 10.1. The highest BCUT2D eigenvalue weighted by Gasteiger charge is 2.04. The van der Waals surface area contributed by atoms with Crippen LogP contribution < -0.4 is 5.73 Å². The first-order chi connectivity index (χ1) is 7.72. The van der Waals surface area contributed by atoms with Gasteiger partial charge in [0, 0.05) is 11.9 Å². The van der Waals surface area contributed by atoms with E-state index in [1.54, 1.807) is 6.07 Å². The van der Waals surface area contributed by atoms with Crippen molar-refractivity contribution in [2.45, 2.75) is 0 Å². The highest BCUT2D eigenvalue weighted by atomic mass is 35.5. The molecule has 0 spiro atoms. The Morgan fingerprint density at radius 1 is 1.19 bits per heavy atom. The summed E-state index contributed by atoms with van der Waals surface area (Å²) in [6.45, 7) is 0.493. The summed E-state index contributed by atoms with van der Waals surface area (Å²) < 4.78 is 0. The highest BCUT2D eigenvalue weighted by Crippen LogP contribution is 2.28. The van der Waals surface area contributed by atoms with Crippen LogP contribution in [0.1, 0.15) is 5.56 Å². The summed E-state index contributed by atoms with van der Waals surface area (Å²) >= 11 is 12.1. The van der Waals surface area contributed by atoms with Gasteiger partial charge in [0.1, 0.15) is 5.15 Å². The Balaban J connectivity index is 2.61. The van der Waals surface area contributed by atoms with E-state index < -0.39 is 0 Å². The van der Waals surface area contributed by atoms with Crippen LogP contribution in [0.15, 0.2) is 30.3 Å². The lowest BCUT2D eigenvalue weighted by Gasteiger charge is -2.03. The predicted octanol–water partition coefficient (Wildman–Crippen LogP) is 3.51.